The van der Waals surface area contributed by atoms with Crippen molar-refractivity contribution in [2.45, 2.75) is 13.5 Å². The summed E-state index contributed by atoms with van der Waals surface area (Å²) in [6.07, 6.45) is 0. The quantitative estimate of drug-likeness (QED) is 0.828. The van der Waals surface area contributed by atoms with E-state index in [0.29, 0.717) is 12.4 Å². The number of benzene rings is 1. The Morgan fingerprint density at radius 1 is 1.28 bits per heavy atom. The molecule has 0 saturated carbocycles. The average Bonchev–Trinajstić information content (AvgIpc) is 2.71. The van der Waals surface area contributed by atoms with Crippen molar-refractivity contribution in [2.75, 3.05) is 14.2 Å². The summed E-state index contributed by atoms with van der Waals surface area (Å²) in [5.41, 5.74) is 2.04. The van der Waals surface area contributed by atoms with E-state index in [0.717, 1.165) is 22.7 Å². The molecule has 5 nitrogen and oxygen atoms in total. The highest BCUT2D eigenvalue weighted by molar-refractivity contribution is 5.64. The fourth-order valence-electron chi connectivity index (χ4n) is 1.78. The molecule has 18 heavy (non-hydrogen) atoms. The van der Waals surface area contributed by atoms with E-state index in [2.05, 4.69) is 10.1 Å². The van der Waals surface area contributed by atoms with Crippen LogP contribution in [0.1, 0.15) is 11.4 Å². The van der Waals surface area contributed by atoms with Crippen molar-refractivity contribution < 1.29 is 9.47 Å². The molecule has 0 saturated heterocycles. The van der Waals surface area contributed by atoms with E-state index in [1.165, 1.54) is 0 Å². The topological polar surface area (TPSA) is 49.2 Å². The Kier molecular flexibility index (Phi) is 3.62. The van der Waals surface area contributed by atoms with Crippen molar-refractivity contribution in [3.63, 3.8) is 0 Å². The van der Waals surface area contributed by atoms with Gasteiger partial charge in [0.05, 0.1) is 12.7 Å². The van der Waals surface area contributed by atoms with Gasteiger partial charge < -0.3 is 9.47 Å². The molecule has 0 aliphatic heterocycles. The second-order valence-electron chi connectivity index (χ2n) is 4.11. The highest BCUT2D eigenvalue weighted by atomic mass is 16.5. The van der Waals surface area contributed by atoms with E-state index in [1.54, 1.807) is 18.9 Å². The molecule has 96 valence electrons. The fourth-order valence-corrected chi connectivity index (χ4v) is 1.78. The van der Waals surface area contributed by atoms with Gasteiger partial charge in [0.25, 0.3) is 0 Å². The van der Waals surface area contributed by atoms with Crippen LogP contribution in [0.4, 0.5) is 0 Å². The number of aromatic nitrogens is 3. The van der Waals surface area contributed by atoms with Gasteiger partial charge in [-0.1, -0.05) is 11.6 Å². The number of rotatable bonds is 4. The third-order valence-electron chi connectivity index (χ3n) is 2.72. The lowest BCUT2D eigenvalue weighted by Gasteiger charge is -2.05. The Bertz CT molecular complexity index is 549. The van der Waals surface area contributed by atoms with Crippen LogP contribution in [0.5, 0.6) is 5.75 Å². The Balaban J connectivity index is 2.47. The summed E-state index contributed by atoms with van der Waals surface area (Å²) in [5.74, 6) is 2.22. The van der Waals surface area contributed by atoms with E-state index in [4.69, 9.17) is 9.47 Å². The van der Waals surface area contributed by atoms with Crippen LogP contribution >= 0.6 is 0 Å². The standard InChI is InChI=1S/C13H17N3O2/c1-9-5-6-11(18-4)10(7-9)13-14-12(8-17-3)16(2)15-13/h5-7H,8H2,1-4H3. The van der Waals surface area contributed by atoms with Crippen molar-refractivity contribution >= 4 is 0 Å². The lowest BCUT2D eigenvalue weighted by atomic mass is 10.1. The number of methoxy groups -OCH3 is 2. The molecule has 5 heteroatoms. The highest BCUT2D eigenvalue weighted by Crippen LogP contribution is 2.28. The minimum atomic E-state index is 0.442. The second kappa shape index (κ2) is 5.18. The first-order valence-electron chi connectivity index (χ1n) is 5.69. The Morgan fingerprint density at radius 2 is 2.06 bits per heavy atom. The van der Waals surface area contributed by atoms with Crippen LogP contribution < -0.4 is 4.74 Å². The minimum Gasteiger partial charge on any atom is -0.496 e. The maximum Gasteiger partial charge on any atom is 0.185 e. The first-order valence-corrected chi connectivity index (χ1v) is 5.69. The summed E-state index contributed by atoms with van der Waals surface area (Å²) in [4.78, 5) is 4.47. The van der Waals surface area contributed by atoms with Gasteiger partial charge in [-0.3, -0.25) is 4.68 Å². The van der Waals surface area contributed by atoms with Gasteiger partial charge in [0.1, 0.15) is 12.4 Å². The van der Waals surface area contributed by atoms with Crippen molar-refractivity contribution in [2.24, 2.45) is 7.05 Å². The zero-order valence-corrected chi connectivity index (χ0v) is 11.1. The number of ether oxygens (including phenoxy) is 2. The molecule has 0 unspecified atom stereocenters. The highest BCUT2D eigenvalue weighted by Gasteiger charge is 2.13. The summed E-state index contributed by atoms with van der Waals surface area (Å²) >= 11 is 0. The van der Waals surface area contributed by atoms with Gasteiger partial charge in [-0.2, -0.15) is 5.10 Å². The summed E-state index contributed by atoms with van der Waals surface area (Å²) < 4.78 is 12.1. The molecule has 1 aromatic heterocycles. The fraction of sp³-hybridized carbons (Fsp3) is 0.385. The van der Waals surface area contributed by atoms with E-state index in [-0.39, 0.29) is 0 Å². The molecular weight excluding hydrogens is 230 g/mol. The van der Waals surface area contributed by atoms with Gasteiger partial charge in [0, 0.05) is 14.2 Å². The van der Waals surface area contributed by atoms with E-state index in [9.17, 15) is 0 Å². The van der Waals surface area contributed by atoms with Crippen LogP contribution in [0.25, 0.3) is 11.4 Å². The van der Waals surface area contributed by atoms with Crippen LogP contribution in [0.15, 0.2) is 18.2 Å². The predicted molar refractivity (Wildman–Crippen MR) is 68.4 cm³/mol. The second-order valence-corrected chi connectivity index (χ2v) is 4.11. The molecular formula is C13H17N3O2. The van der Waals surface area contributed by atoms with Crippen molar-refractivity contribution in [3.8, 4) is 17.1 Å². The van der Waals surface area contributed by atoms with Gasteiger partial charge in [0.2, 0.25) is 0 Å². The molecule has 0 spiro atoms. The maximum atomic E-state index is 5.34. The number of nitrogens with zero attached hydrogens (tertiary/aromatic N) is 3. The van der Waals surface area contributed by atoms with Crippen LogP contribution in [0, 0.1) is 6.92 Å². The first-order chi connectivity index (χ1) is 8.65. The average molecular weight is 247 g/mol. The summed E-state index contributed by atoms with van der Waals surface area (Å²) in [7, 11) is 5.14. The zero-order valence-electron chi connectivity index (χ0n) is 11.1. The molecule has 0 atom stereocenters. The molecule has 0 fully saturated rings. The minimum absolute atomic E-state index is 0.442. The lowest BCUT2D eigenvalue weighted by Crippen LogP contribution is -2.00. The van der Waals surface area contributed by atoms with Gasteiger partial charge in [-0.25, -0.2) is 4.98 Å². The van der Waals surface area contributed by atoms with Gasteiger partial charge in [-0.15, -0.1) is 0 Å². The molecule has 1 heterocycles. The smallest absolute Gasteiger partial charge is 0.185 e. The Morgan fingerprint density at radius 3 is 2.72 bits per heavy atom. The predicted octanol–water partition coefficient (Wildman–Crippen LogP) is 1.95. The van der Waals surface area contributed by atoms with Crippen LogP contribution in [0.2, 0.25) is 0 Å². The summed E-state index contributed by atoms with van der Waals surface area (Å²) in [5, 5.41) is 4.39. The first kappa shape index (κ1) is 12.6. The largest absolute Gasteiger partial charge is 0.496 e. The number of hydrogen-bond donors (Lipinski definition) is 0. The third kappa shape index (κ3) is 2.36. The van der Waals surface area contributed by atoms with Crippen molar-refractivity contribution in [3.05, 3.63) is 29.6 Å². The lowest BCUT2D eigenvalue weighted by molar-refractivity contribution is 0.174. The third-order valence-corrected chi connectivity index (χ3v) is 2.72. The van der Waals surface area contributed by atoms with Gasteiger partial charge in [-0.05, 0) is 19.1 Å². The Labute approximate surface area is 106 Å². The van der Waals surface area contributed by atoms with Gasteiger partial charge in [0.15, 0.2) is 11.6 Å². The molecule has 0 aliphatic rings. The SMILES string of the molecule is COCc1nc(-c2cc(C)ccc2OC)nn1C. The Hall–Kier alpha value is -1.88. The van der Waals surface area contributed by atoms with E-state index < -0.39 is 0 Å². The molecule has 0 N–H and O–H groups in total. The zero-order chi connectivity index (χ0) is 13.1. The van der Waals surface area contributed by atoms with Crippen molar-refractivity contribution in [1.29, 1.82) is 0 Å². The normalized spacial score (nSPS) is 10.7. The molecule has 1 aromatic carbocycles. The number of aryl methyl sites for hydroxylation is 2. The molecule has 0 aliphatic carbocycles. The maximum absolute atomic E-state index is 5.34. The van der Waals surface area contributed by atoms with Crippen molar-refractivity contribution in [1.82, 2.24) is 14.8 Å². The van der Waals surface area contributed by atoms with Crippen LogP contribution in [0.3, 0.4) is 0 Å². The summed E-state index contributed by atoms with van der Waals surface area (Å²) in [6.45, 7) is 2.47. The monoisotopic (exact) mass is 247 g/mol. The van der Waals surface area contributed by atoms with Gasteiger partial charge >= 0.3 is 0 Å². The van der Waals surface area contributed by atoms with Crippen LogP contribution in [-0.2, 0) is 18.4 Å². The van der Waals surface area contributed by atoms with E-state index >= 15 is 0 Å². The molecule has 0 amide bonds. The summed E-state index contributed by atoms with van der Waals surface area (Å²) in [6, 6.07) is 5.95. The number of hydrogen-bond acceptors (Lipinski definition) is 4. The molecule has 0 radical (unpaired) electrons. The molecule has 2 aromatic rings. The molecule has 0 bridgehead atoms. The van der Waals surface area contributed by atoms with E-state index in [1.807, 2.05) is 32.2 Å². The molecule has 2 rings (SSSR count). The van der Waals surface area contributed by atoms with Crippen LogP contribution in [-0.4, -0.2) is 29.0 Å².